The molecule has 1 atom stereocenters. The van der Waals surface area contributed by atoms with Crippen molar-refractivity contribution in [1.82, 2.24) is 4.98 Å². The van der Waals surface area contributed by atoms with Gasteiger partial charge in [0, 0.05) is 12.0 Å². The largest absolute Gasteiger partial charge is 0.369 e. The second-order valence-electron chi connectivity index (χ2n) is 4.79. The molecule has 1 rings (SSSR count). The molecule has 1 aromatic heterocycles. The molecular formula is C12H22N2OS. The van der Waals surface area contributed by atoms with Crippen molar-refractivity contribution < 1.29 is 4.74 Å². The fraction of sp³-hybridized carbons (Fsp3) is 0.750. The van der Waals surface area contributed by atoms with Gasteiger partial charge in [-0.25, -0.2) is 4.98 Å². The Morgan fingerprint density at radius 3 is 2.62 bits per heavy atom. The van der Waals surface area contributed by atoms with Gasteiger partial charge in [-0.2, -0.15) is 0 Å². The number of nitrogens with zero attached hydrogens (tertiary/aromatic N) is 1. The van der Waals surface area contributed by atoms with E-state index in [9.17, 15) is 0 Å². The van der Waals surface area contributed by atoms with Gasteiger partial charge in [0.05, 0.1) is 11.7 Å². The predicted octanol–water partition coefficient (Wildman–Crippen LogP) is 3.07. The van der Waals surface area contributed by atoms with E-state index in [1.807, 2.05) is 26.2 Å². The summed E-state index contributed by atoms with van der Waals surface area (Å²) in [6.45, 7) is 11.0. The molecule has 0 aromatic carbocycles. The standard InChI is InChI=1S/C12H22N2OS/c1-6-15-12(4,5)11-14-9(7-16-11)10(13)8(2)3/h7-8,10H,6,13H2,1-5H3. The average molecular weight is 242 g/mol. The third kappa shape index (κ3) is 3.03. The molecule has 0 saturated carbocycles. The smallest absolute Gasteiger partial charge is 0.124 e. The third-order valence-electron chi connectivity index (χ3n) is 2.60. The van der Waals surface area contributed by atoms with Crippen LogP contribution in [-0.2, 0) is 10.3 Å². The fourth-order valence-corrected chi connectivity index (χ4v) is 2.42. The maximum absolute atomic E-state index is 6.07. The highest BCUT2D eigenvalue weighted by molar-refractivity contribution is 7.09. The minimum absolute atomic E-state index is 0.0161. The van der Waals surface area contributed by atoms with Crippen molar-refractivity contribution in [3.8, 4) is 0 Å². The van der Waals surface area contributed by atoms with Crippen molar-refractivity contribution in [2.75, 3.05) is 6.61 Å². The third-order valence-corrected chi connectivity index (χ3v) is 3.77. The van der Waals surface area contributed by atoms with Crippen LogP contribution in [0.1, 0.15) is 51.4 Å². The highest BCUT2D eigenvalue weighted by Crippen LogP contribution is 2.30. The second-order valence-corrected chi connectivity index (χ2v) is 5.65. The summed E-state index contributed by atoms with van der Waals surface area (Å²) in [7, 11) is 0. The Hall–Kier alpha value is -0.450. The summed E-state index contributed by atoms with van der Waals surface area (Å²) < 4.78 is 5.68. The Kier molecular flexibility index (Phi) is 4.47. The summed E-state index contributed by atoms with van der Waals surface area (Å²) in [5, 5.41) is 3.04. The van der Waals surface area contributed by atoms with Crippen molar-refractivity contribution in [3.05, 3.63) is 16.1 Å². The van der Waals surface area contributed by atoms with Crippen molar-refractivity contribution in [2.24, 2.45) is 11.7 Å². The fourth-order valence-electron chi connectivity index (χ4n) is 1.48. The molecular weight excluding hydrogens is 220 g/mol. The van der Waals surface area contributed by atoms with E-state index in [2.05, 4.69) is 18.8 Å². The first-order valence-corrected chi connectivity index (χ1v) is 6.62. The van der Waals surface area contributed by atoms with Gasteiger partial charge >= 0.3 is 0 Å². The van der Waals surface area contributed by atoms with E-state index in [4.69, 9.17) is 10.5 Å². The number of rotatable bonds is 5. The predicted molar refractivity (Wildman–Crippen MR) is 68.5 cm³/mol. The van der Waals surface area contributed by atoms with Crippen LogP contribution in [0, 0.1) is 5.92 Å². The van der Waals surface area contributed by atoms with E-state index in [0.717, 1.165) is 10.7 Å². The van der Waals surface area contributed by atoms with Crippen LogP contribution in [0.15, 0.2) is 5.38 Å². The minimum atomic E-state index is -0.311. The molecule has 1 aromatic rings. The molecule has 0 aliphatic rings. The molecule has 0 saturated heterocycles. The first-order valence-electron chi connectivity index (χ1n) is 5.74. The van der Waals surface area contributed by atoms with Crippen LogP contribution >= 0.6 is 11.3 Å². The van der Waals surface area contributed by atoms with E-state index < -0.39 is 0 Å². The summed E-state index contributed by atoms with van der Waals surface area (Å²) in [6.07, 6.45) is 0. The molecule has 92 valence electrons. The van der Waals surface area contributed by atoms with Gasteiger partial charge in [0.1, 0.15) is 10.6 Å². The summed E-state index contributed by atoms with van der Waals surface area (Å²) in [4.78, 5) is 4.59. The van der Waals surface area contributed by atoms with Gasteiger partial charge < -0.3 is 10.5 Å². The van der Waals surface area contributed by atoms with Crippen LogP contribution < -0.4 is 5.73 Å². The zero-order chi connectivity index (χ0) is 12.3. The Morgan fingerprint density at radius 1 is 1.50 bits per heavy atom. The van der Waals surface area contributed by atoms with Crippen LogP contribution in [0.5, 0.6) is 0 Å². The molecule has 1 heterocycles. The van der Waals surface area contributed by atoms with Gasteiger partial charge in [0.15, 0.2) is 0 Å². The van der Waals surface area contributed by atoms with Crippen LogP contribution in [0.2, 0.25) is 0 Å². The molecule has 2 N–H and O–H groups in total. The van der Waals surface area contributed by atoms with E-state index in [0.29, 0.717) is 12.5 Å². The normalized spacial score (nSPS) is 14.4. The number of ether oxygens (including phenoxy) is 1. The topological polar surface area (TPSA) is 48.1 Å². The quantitative estimate of drug-likeness (QED) is 0.863. The lowest BCUT2D eigenvalue weighted by Gasteiger charge is -2.22. The zero-order valence-electron chi connectivity index (χ0n) is 10.8. The van der Waals surface area contributed by atoms with E-state index in [-0.39, 0.29) is 11.6 Å². The molecule has 16 heavy (non-hydrogen) atoms. The Labute approximate surface area is 102 Å². The number of thiazole rings is 1. The number of hydrogen-bond acceptors (Lipinski definition) is 4. The summed E-state index contributed by atoms with van der Waals surface area (Å²) in [5.41, 5.74) is 6.74. The Morgan fingerprint density at radius 2 is 2.12 bits per heavy atom. The van der Waals surface area contributed by atoms with Crippen LogP contribution in [0.25, 0.3) is 0 Å². The van der Waals surface area contributed by atoms with Crippen molar-refractivity contribution >= 4 is 11.3 Å². The van der Waals surface area contributed by atoms with E-state index >= 15 is 0 Å². The maximum atomic E-state index is 6.07. The monoisotopic (exact) mass is 242 g/mol. The Bertz CT molecular complexity index is 334. The lowest BCUT2D eigenvalue weighted by molar-refractivity contribution is -0.0143. The Balaban J connectivity index is 2.86. The van der Waals surface area contributed by atoms with E-state index in [1.165, 1.54) is 0 Å². The highest BCUT2D eigenvalue weighted by atomic mass is 32.1. The van der Waals surface area contributed by atoms with Crippen molar-refractivity contribution in [1.29, 1.82) is 0 Å². The number of hydrogen-bond donors (Lipinski definition) is 1. The van der Waals surface area contributed by atoms with Gasteiger partial charge in [-0.1, -0.05) is 13.8 Å². The molecule has 0 radical (unpaired) electrons. The second kappa shape index (κ2) is 5.25. The zero-order valence-corrected chi connectivity index (χ0v) is 11.6. The number of aromatic nitrogens is 1. The lowest BCUT2D eigenvalue weighted by Crippen LogP contribution is -2.22. The van der Waals surface area contributed by atoms with Gasteiger partial charge in [0.25, 0.3) is 0 Å². The van der Waals surface area contributed by atoms with E-state index in [1.54, 1.807) is 11.3 Å². The van der Waals surface area contributed by atoms with Crippen LogP contribution in [0.3, 0.4) is 0 Å². The first kappa shape index (κ1) is 13.6. The SMILES string of the molecule is CCOC(C)(C)c1nc(C(N)C(C)C)cs1. The minimum Gasteiger partial charge on any atom is -0.369 e. The van der Waals surface area contributed by atoms with Crippen molar-refractivity contribution in [2.45, 2.75) is 46.3 Å². The van der Waals surface area contributed by atoms with Gasteiger partial charge in [-0.05, 0) is 26.7 Å². The molecule has 0 amide bonds. The summed E-state index contributed by atoms with van der Waals surface area (Å²) in [5.74, 6) is 0.408. The lowest BCUT2D eigenvalue weighted by atomic mass is 10.0. The number of nitrogens with two attached hydrogens (primary N) is 1. The van der Waals surface area contributed by atoms with Gasteiger partial charge in [0.2, 0.25) is 0 Å². The highest BCUT2D eigenvalue weighted by Gasteiger charge is 2.26. The van der Waals surface area contributed by atoms with Crippen molar-refractivity contribution in [3.63, 3.8) is 0 Å². The average Bonchev–Trinajstić information content (AvgIpc) is 2.65. The van der Waals surface area contributed by atoms with Gasteiger partial charge in [-0.15, -0.1) is 11.3 Å². The molecule has 0 fully saturated rings. The maximum Gasteiger partial charge on any atom is 0.124 e. The molecule has 0 spiro atoms. The molecule has 1 unspecified atom stereocenters. The van der Waals surface area contributed by atoms with Gasteiger partial charge in [-0.3, -0.25) is 0 Å². The summed E-state index contributed by atoms with van der Waals surface area (Å²) >= 11 is 1.63. The van der Waals surface area contributed by atoms with Crippen LogP contribution in [0.4, 0.5) is 0 Å². The summed E-state index contributed by atoms with van der Waals surface area (Å²) in [6, 6.07) is 0.0161. The van der Waals surface area contributed by atoms with Crippen LogP contribution in [-0.4, -0.2) is 11.6 Å². The molecule has 0 bridgehead atoms. The molecule has 4 heteroatoms. The molecule has 0 aliphatic heterocycles. The first-order chi connectivity index (χ1) is 7.38. The molecule has 3 nitrogen and oxygen atoms in total. The molecule has 0 aliphatic carbocycles.